The molecule has 0 bridgehead atoms. The number of rotatable bonds is 5. The predicted octanol–water partition coefficient (Wildman–Crippen LogP) is 4.26. The Kier molecular flexibility index (Phi) is 4.24. The summed E-state index contributed by atoms with van der Waals surface area (Å²) in [5.74, 6) is 0.881. The van der Waals surface area contributed by atoms with Crippen LogP contribution >= 0.6 is 0 Å². The maximum absolute atomic E-state index is 5.36. The largest absolute Gasteiger partial charge is 0.495 e. The SMILES string of the molecule is CC[C@H](Nc1ccccc1OC)c1ccccc1. The summed E-state index contributed by atoms with van der Waals surface area (Å²) in [5.41, 5.74) is 2.33. The van der Waals surface area contributed by atoms with Crippen molar-refractivity contribution in [3.05, 3.63) is 60.2 Å². The first kappa shape index (κ1) is 12.5. The third-order valence-electron chi connectivity index (χ3n) is 3.05. The van der Waals surface area contributed by atoms with Crippen molar-refractivity contribution < 1.29 is 4.74 Å². The van der Waals surface area contributed by atoms with E-state index < -0.39 is 0 Å². The number of ether oxygens (including phenoxy) is 1. The quantitative estimate of drug-likeness (QED) is 0.844. The van der Waals surface area contributed by atoms with Gasteiger partial charge in [-0.3, -0.25) is 0 Å². The Morgan fingerprint density at radius 1 is 1.00 bits per heavy atom. The fraction of sp³-hybridized carbons (Fsp3) is 0.250. The normalized spacial score (nSPS) is 11.9. The maximum Gasteiger partial charge on any atom is 0.141 e. The van der Waals surface area contributed by atoms with E-state index in [2.05, 4.69) is 36.5 Å². The van der Waals surface area contributed by atoms with Crippen molar-refractivity contribution in [3.8, 4) is 5.75 Å². The fourth-order valence-corrected chi connectivity index (χ4v) is 2.06. The third kappa shape index (κ3) is 2.83. The Morgan fingerprint density at radius 3 is 2.33 bits per heavy atom. The highest BCUT2D eigenvalue weighted by Crippen LogP contribution is 2.29. The van der Waals surface area contributed by atoms with Gasteiger partial charge in [0.05, 0.1) is 18.8 Å². The van der Waals surface area contributed by atoms with Crippen LogP contribution in [0.5, 0.6) is 5.75 Å². The second-order valence-corrected chi connectivity index (χ2v) is 4.22. The van der Waals surface area contributed by atoms with Crippen LogP contribution in [-0.2, 0) is 0 Å². The summed E-state index contributed by atoms with van der Waals surface area (Å²) in [6, 6.07) is 18.8. The van der Waals surface area contributed by atoms with Gasteiger partial charge in [-0.15, -0.1) is 0 Å². The Morgan fingerprint density at radius 2 is 1.67 bits per heavy atom. The molecule has 2 nitrogen and oxygen atoms in total. The van der Waals surface area contributed by atoms with Gasteiger partial charge in [-0.05, 0) is 24.1 Å². The number of para-hydroxylation sites is 2. The van der Waals surface area contributed by atoms with Crippen LogP contribution in [0.1, 0.15) is 24.9 Å². The lowest BCUT2D eigenvalue weighted by molar-refractivity contribution is 0.416. The molecule has 2 aromatic rings. The van der Waals surface area contributed by atoms with Crippen molar-refractivity contribution >= 4 is 5.69 Å². The monoisotopic (exact) mass is 241 g/mol. The minimum atomic E-state index is 0.308. The smallest absolute Gasteiger partial charge is 0.141 e. The molecule has 0 aliphatic rings. The van der Waals surface area contributed by atoms with Gasteiger partial charge in [0.25, 0.3) is 0 Å². The number of hydrogen-bond acceptors (Lipinski definition) is 2. The van der Waals surface area contributed by atoms with Crippen LogP contribution in [0, 0.1) is 0 Å². The standard InChI is InChI=1S/C16H19NO/c1-3-14(13-9-5-4-6-10-13)17-15-11-7-8-12-16(15)18-2/h4-12,14,17H,3H2,1-2H3/t14-/m0/s1. The lowest BCUT2D eigenvalue weighted by atomic mass is 10.0. The Hall–Kier alpha value is -1.96. The van der Waals surface area contributed by atoms with Gasteiger partial charge in [0.15, 0.2) is 0 Å². The van der Waals surface area contributed by atoms with Gasteiger partial charge >= 0.3 is 0 Å². The van der Waals surface area contributed by atoms with Crippen molar-refractivity contribution in [1.29, 1.82) is 0 Å². The Balaban J connectivity index is 2.21. The molecule has 94 valence electrons. The van der Waals surface area contributed by atoms with Crippen molar-refractivity contribution in [1.82, 2.24) is 0 Å². The van der Waals surface area contributed by atoms with Crippen LogP contribution in [0.15, 0.2) is 54.6 Å². The first-order valence-electron chi connectivity index (χ1n) is 6.29. The highest BCUT2D eigenvalue weighted by atomic mass is 16.5. The summed E-state index contributed by atoms with van der Waals surface area (Å²) < 4.78 is 5.36. The lowest BCUT2D eigenvalue weighted by Crippen LogP contribution is -2.10. The van der Waals surface area contributed by atoms with Crippen molar-refractivity contribution in [2.75, 3.05) is 12.4 Å². The lowest BCUT2D eigenvalue weighted by Gasteiger charge is -2.20. The average molecular weight is 241 g/mol. The van der Waals surface area contributed by atoms with E-state index in [1.165, 1.54) is 5.56 Å². The van der Waals surface area contributed by atoms with Crippen LogP contribution < -0.4 is 10.1 Å². The van der Waals surface area contributed by atoms with Crippen molar-refractivity contribution in [3.63, 3.8) is 0 Å². The number of benzene rings is 2. The molecule has 1 atom stereocenters. The molecule has 0 aliphatic carbocycles. The third-order valence-corrected chi connectivity index (χ3v) is 3.05. The zero-order chi connectivity index (χ0) is 12.8. The molecule has 0 unspecified atom stereocenters. The van der Waals surface area contributed by atoms with Crippen LogP contribution in [0.2, 0.25) is 0 Å². The first-order valence-corrected chi connectivity index (χ1v) is 6.29. The maximum atomic E-state index is 5.36. The van der Waals surface area contributed by atoms with Crippen LogP contribution in [0.25, 0.3) is 0 Å². The highest BCUT2D eigenvalue weighted by molar-refractivity contribution is 5.57. The molecular formula is C16H19NO. The van der Waals surface area contributed by atoms with Gasteiger partial charge in [0.2, 0.25) is 0 Å². The van der Waals surface area contributed by atoms with Gasteiger partial charge in [-0.25, -0.2) is 0 Å². The van der Waals surface area contributed by atoms with E-state index >= 15 is 0 Å². The molecule has 0 radical (unpaired) electrons. The molecule has 2 aromatic carbocycles. The first-order chi connectivity index (χ1) is 8.85. The minimum Gasteiger partial charge on any atom is -0.495 e. The fourth-order valence-electron chi connectivity index (χ4n) is 2.06. The van der Waals surface area contributed by atoms with E-state index in [1.54, 1.807) is 7.11 Å². The second-order valence-electron chi connectivity index (χ2n) is 4.22. The van der Waals surface area contributed by atoms with E-state index in [4.69, 9.17) is 4.74 Å². The van der Waals surface area contributed by atoms with Gasteiger partial charge in [0, 0.05) is 0 Å². The number of hydrogen-bond donors (Lipinski definition) is 1. The molecule has 0 fully saturated rings. The molecule has 2 heteroatoms. The molecule has 2 rings (SSSR count). The summed E-state index contributed by atoms with van der Waals surface area (Å²) in [5, 5.41) is 3.54. The van der Waals surface area contributed by atoms with Gasteiger partial charge < -0.3 is 10.1 Å². The van der Waals surface area contributed by atoms with Gasteiger partial charge in [-0.1, -0.05) is 49.4 Å². The zero-order valence-corrected chi connectivity index (χ0v) is 10.9. The zero-order valence-electron chi connectivity index (χ0n) is 10.9. The highest BCUT2D eigenvalue weighted by Gasteiger charge is 2.10. The molecule has 0 aliphatic heterocycles. The Bertz CT molecular complexity index is 481. The molecule has 0 saturated heterocycles. The minimum absolute atomic E-state index is 0.308. The predicted molar refractivity (Wildman–Crippen MR) is 76.1 cm³/mol. The molecule has 1 N–H and O–H groups in total. The topological polar surface area (TPSA) is 21.3 Å². The van der Waals surface area contributed by atoms with Gasteiger partial charge in [-0.2, -0.15) is 0 Å². The van der Waals surface area contributed by atoms with E-state index in [0.29, 0.717) is 6.04 Å². The summed E-state index contributed by atoms with van der Waals surface area (Å²) in [6.45, 7) is 2.18. The van der Waals surface area contributed by atoms with E-state index in [1.807, 2.05) is 30.3 Å². The molecule has 0 saturated carbocycles. The van der Waals surface area contributed by atoms with E-state index in [-0.39, 0.29) is 0 Å². The summed E-state index contributed by atoms with van der Waals surface area (Å²) in [4.78, 5) is 0. The van der Waals surface area contributed by atoms with Crippen molar-refractivity contribution in [2.24, 2.45) is 0 Å². The number of nitrogens with one attached hydrogen (secondary N) is 1. The number of anilines is 1. The average Bonchev–Trinajstić information content (AvgIpc) is 2.46. The second kappa shape index (κ2) is 6.10. The van der Waals surface area contributed by atoms with Crippen LogP contribution in [0.3, 0.4) is 0 Å². The molecule has 0 spiro atoms. The molecule has 0 heterocycles. The van der Waals surface area contributed by atoms with Crippen molar-refractivity contribution in [2.45, 2.75) is 19.4 Å². The van der Waals surface area contributed by atoms with Crippen LogP contribution in [0.4, 0.5) is 5.69 Å². The molecular weight excluding hydrogens is 222 g/mol. The summed E-state index contributed by atoms with van der Waals surface area (Å²) in [6.07, 6.45) is 1.03. The molecule has 0 aromatic heterocycles. The molecule has 0 amide bonds. The van der Waals surface area contributed by atoms with E-state index in [0.717, 1.165) is 17.9 Å². The Labute approximate surface area is 109 Å². The van der Waals surface area contributed by atoms with Crippen LogP contribution in [-0.4, -0.2) is 7.11 Å². The van der Waals surface area contributed by atoms with Gasteiger partial charge in [0.1, 0.15) is 5.75 Å². The number of methoxy groups -OCH3 is 1. The summed E-state index contributed by atoms with van der Waals surface area (Å²) in [7, 11) is 1.70. The van der Waals surface area contributed by atoms with E-state index in [9.17, 15) is 0 Å². The summed E-state index contributed by atoms with van der Waals surface area (Å²) >= 11 is 0. The molecule has 18 heavy (non-hydrogen) atoms.